The van der Waals surface area contributed by atoms with E-state index in [4.69, 9.17) is 10.8 Å². The smallest absolute Gasteiger partial charge is 0.164 e. The number of piperidine rings is 1. The number of likely N-dealkylation sites (tertiary alicyclic amines) is 1. The molecule has 8 heteroatoms. The van der Waals surface area contributed by atoms with Crippen LogP contribution >= 0.6 is 0 Å². The number of benzene rings is 2. The molecule has 1 fully saturated rings. The first-order chi connectivity index (χ1) is 18.4. The maximum Gasteiger partial charge on any atom is 0.164 e. The third kappa shape index (κ3) is 4.23. The van der Waals surface area contributed by atoms with Crippen molar-refractivity contribution >= 4 is 22.5 Å². The van der Waals surface area contributed by atoms with Crippen LogP contribution in [0.1, 0.15) is 43.9 Å². The van der Waals surface area contributed by atoms with Gasteiger partial charge in [0.2, 0.25) is 0 Å². The van der Waals surface area contributed by atoms with E-state index >= 15 is 0 Å². The van der Waals surface area contributed by atoms with Crippen molar-refractivity contribution in [1.82, 2.24) is 24.6 Å². The monoisotopic (exact) mass is 509 g/mol. The van der Waals surface area contributed by atoms with Crippen LogP contribution in [-0.4, -0.2) is 55.6 Å². The number of nitrogens with two attached hydrogens (primary N) is 1. The molecule has 0 bridgehead atoms. The Morgan fingerprint density at radius 2 is 1.95 bits per heavy atom. The van der Waals surface area contributed by atoms with E-state index in [1.165, 1.54) is 23.1 Å². The number of fused-ring (bicyclic) bond motifs is 2. The normalized spacial score (nSPS) is 20.0. The summed E-state index contributed by atoms with van der Waals surface area (Å²) in [6.45, 7) is 11.7. The van der Waals surface area contributed by atoms with Crippen LogP contribution in [0.25, 0.3) is 22.3 Å². The highest BCUT2D eigenvalue weighted by atomic mass is 16.3. The molecule has 0 aliphatic carbocycles. The molecule has 1 saturated heterocycles. The van der Waals surface area contributed by atoms with Gasteiger partial charge in [-0.1, -0.05) is 62.9 Å². The lowest BCUT2D eigenvalue weighted by atomic mass is 9.87. The molecule has 6 rings (SSSR count). The molecule has 38 heavy (non-hydrogen) atoms. The van der Waals surface area contributed by atoms with E-state index in [-0.39, 0.29) is 11.5 Å². The maximum atomic E-state index is 10.3. The fourth-order valence-electron chi connectivity index (χ4n) is 6.12. The molecule has 0 saturated carbocycles. The standard InChI is InChI=1S/C30H35N7O/c1-4-25(38)35-15-7-8-22(17-35)37-29-26(28(31)32-19-33-29)27(34-37)21-13-11-20(12-14-21)16-36-18-30(2,3)23-9-5-6-10-24(23)36/h4-6,9-14,19,22,25,38H,1,7-8,15-18H2,2-3H3,(H2,31,32,33). The molecule has 4 heterocycles. The Hall–Kier alpha value is -3.75. The molecule has 2 unspecified atom stereocenters. The van der Waals surface area contributed by atoms with Crippen LogP contribution < -0.4 is 10.6 Å². The second kappa shape index (κ2) is 9.53. The largest absolute Gasteiger partial charge is 0.383 e. The molecular weight excluding hydrogens is 474 g/mol. The van der Waals surface area contributed by atoms with Crippen molar-refractivity contribution in [3.05, 3.63) is 78.6 Å². The lowest BCUT2D eigenvalue weighted by molar-refractivity contribution is 0.0127. The Labute approximate surface area is 223 Å². The summed E-state index contributed by atoms with van der Waals surface area (Å²) in [5.41, 5.74) is 13.0. The van der Waals surface area contributed by atoms with Gasteiger partial charge in [-0.15, -0.1) is 0 Å². The number of nitrogens with zero attached hydrogens (tertiary/aromatic N) is 6. The molecule has 2 aromatic carbocycles. The van der Waals surface area contributed by atoms with Crippen molar-refractivity contribution in [2.45, 2.75) is 50.9 Å². The van der Waals surface area contributed by atoms with E-state index in [9.17, 15) is 5.11 Å². The molecule has 2 aliphatic heterocycles. The first kappa shape index (κ1) is 24.6. The summed E-state index contributed by atoms with van der Waals surface area (Å²) in [5, 5.41) is 16.1. The zero-order chi connectivity index (χ0) is 26.4. The van der Waals surface area contributed by atoms with Gasteiger partial charge in [-0.2, -0.15) is 5.10 Å². The number of para-hydroxylation sites is 1. The maximum absolute atomic E-state index is 10.3. The summed E-state index contributed by atoms with van der Waals surface area (Å²) >= 11 is 0. The molecule has 2 aliphatic rings. The van der Waals surface area contributed by atoms with Crippen LogP contribution in [0.4, 0.5) is 11.5 Å². The third-order valence-corrected chi connectivity index (χ3v) is 8.04. The van der Waals surface area contributed by atoms with Crippen LogP contribution in [0.2, 0.25) is 0 Å². The SMILES string of the molecule is C=CC(O)N1CCCC(n2nc(-c3ccc(CN4CC(C)(C)c5ccccc54)cc3)c3c(N)ncnc32)C1. The lowest BCUT2D eigenvalue weighted by Crippen LogP contribution is -2.42. The summed E-state index contributed by atoms with van der Waals surface area (Å²) < 4.78 is 1.97. The van der Waals surface area contributed by atoms with E-state index in [2.05, 4.69) is 83.8 Å². The molecule has 0 radical (unpaired) electrons. The van der Waals surface area contributed by atoms with Gasteiger partial charge in [-0.3, -0.25) is 4.90 Å². The molecule has 2 aromatic heterocycles. The number of anilines is 2. The van der Waals surface area contributed by atoms with Crippen LogP contribution in [0, 0.1) is 0 Å². The van der Waals surface area contributed by atoms with Crippen molar-refractivity contribution in [3.8, 4) is 11.3 Å². The molecule has 0 amide bonds. The van der Waals surface area contributed by atoms with Gasteiger partial charge in [0.1, 0.15) is 24.1 Å². The van der Waals surface area contributed by atoms with Gasteiger partial charge in [-0.05, 0) is 36.1 Å². The third-order valence-electron chi connectivity index (χ3n) is 8.04. The average Bonchev–Trinajstić information content (AvgIpc) is 3.45. The highest BCUT2D eigenvalue weighted by Gasteiger charge is 2.34. The number of nitrogen functional groups attached to an aromatic ring is 1. The van der Waals surface area contributed by atoms with Gasteiger partial charge in [0.15, 0.2) is 5.65 Å². The molecule has 8 nitrogen and oxygen atoms in total. The quantitative estimate of drug-likeness (QED) is 0.369. The Kier molecular flexibility index (Phi) is 6.16. The van der Waals surface area contributed by atoms with Crippen molar-refractivity contribution in [2.24, 2.45) is 0 Å². The van der Waals surface area contributed by atoms with Gasteiger partial charge in [-0.25, -0.2) is 14.6 Å². The molecule has 196 valence electrons. The zero-order valence-corrected chi connectivity index (χ0v) is 22.1. The number of aliphatic hydroxyl groups is 1. The molecule has 4 aromatic rings. The predicted molar refractivity (Wildman–Crippen MR) is 152 cm³/mol. The minimum atomic E-state index is -0.667. The predicted octanol–water partition coefficient (Wildman–Crippen LogP) is 4.51. The van der Waals surface area contributed by atoms with E-state index in [1.807, 2.05) is 9.58 Å². The second-order valence-corrected chi connectivity index (χ2v) is 11.1. The van der Waals surface area contributed by atoms with Crippen LogP contribution in [0.3, 0.4) is 0 Å². The van der Waals surface area contributed by atoms with Crippen molar-refractivity contribution < 1.29 is 5.11 Å². The summed E-state index contributed by atoms with van der Waals surface area (Å²) in [7, 11) is 0. The summed E-state index contributed by atoms with van der Waals surface area (Å²) in [4.78, 5) is 13.3. The lowest BCUT2D eigenvalue weighted by Gasteiger charge is -2.34. The van der Waals surface area contributed by atoms with Crippen molar-refractivity contribution in [1.29, 1.82) is 0 Å². The Morgan fingerprint density at radius 1 is 1.16 bits per heavy atom. The number of aliphatic hydroxyl groups excluding tert-OH is 1. The molecule has 2 atom stereocenters. The average molecular weight is 510 g/mol. The summed E-state index contributed by atoms with van der Waals surface area (Å²) in [5.74, 6) is 0.426. The highest BCUT2D eigenvalue weighted by Crippen LogP contribution is 2.41. The first-order valence-electron chi connectivity index (χ1n) is 13.3. The van der Waals surface area contributed by atoms with Gasteiger partial charge in [0.25, 0.3) is 0 Å². The first-order valence-corrected chi connectivity index (χ1v) is 13.3. The van der Waals surface area contributed by atoms with Gasteiger partial charge < -0.3 is 15.7 Å². The number of hydrogen-bond donors (Lipinski definition) is 2. The number of rotatable bonds is 6. The minimum absolute atomic E-state index is 0.0711. The Morgan fingerprint density at radius 3 is 2.74 bits per heavy atom. The minimum Gasteiger partial charge on any atom is -0.383 e. The van der Waals surface area contributed by atoms with Crippen molar-refractivity contribution in [3.63, 3.8) is 0 Å². The van der Waals surface area contributed by atoms with Crippen LogP contribution in [-0.2, 0) is 12.0 Å². The molecular formula is C30H35N7O. The summed E-state index contributed by atoms with van der Waals surface area (Å²) in [6, 6.07) is 17.4. The van der Waals surface area contributed by atoms with Gasteiger partial charge in [0, 0.05) is 42.8 Å². The van der Waals surface area contributed by atoms with Gasteiger partial charge in [0.05, 0.1) is 11.4 Å². The molecule has 0 spiro atoms. The van der Waals surface area contributed by atoms with Crippen molar-refractivity contribution in [2.75, 3.05) is 30.3 Å². The number of aromatic nitrogens is 4. The van der Waals surface area contributed by atoms with E-state index < -0.39 is 6.23 Å². The van der Waals surface area contributed by atoms with Crippen LogP contribution in [0.15, 0.2) is 67.5 Å². The van der Waals surface area contributed by atoms with Gasteiger partial charge >= 0.3 is 0 Å². The van der Waals surface area contributed by atoms with Crippen LogP contribution in [0.5, 0.6) is 0 Å². The highest BCUT2D eigenvalue weighted by molar-refractivity contribution is 5.98. The van der Waals surface area contributed by atoms with E-state index in [1.54, 1.807) is 6.08 Å². The number of hydrogen-bond acceptors (Lipinski definition) is 7. The second-order valence-electron chi connectivity index (χ2n) is 11.1. The fourth-order valence-corrected chi connectivity index (χ4v) is 6.12. The Balaban J connectivity index is 1.30. The Bertz CT molecular complexity index is 1480. The topological polar surface area (TPSA) is 96.3 Å². The zero-order valence-electron chi connectivity index (χ0n) is 22.1. The molecule has 3 N–H and O–H groups in total. The fraction of sp³-hybridized carbons (Fsp3) is 0.367. The van der Waals surface area contributed by atoms with E-state index in [0.29, 0.717) is 12.4 Å². The summed E-state index contributed by atoms with van der Waals surface area (Å²) in [6.07, 6.45) is 4.31. The van der Waals surface area contributed by atoms with E-state index in [0.717, 1.165) is 54.8 Å².